The van der Waals surface area contributed by atoms with E-state index < -0.39 is 144 Å². The highest BCUT2D eigenvalue weighted by Crippen LogP contribution is 2.45. The Balaban J connectivity index is 1.57. The van der Waals surface area contributed by atoms with Crippen LogP contribution in [0.4, 0.5) is 4.79 Å². The first-order valence-electron chi connectivity index (χ1n) is 27.8. The van der Waals surface area contributed by atoms with Gasteiger partial charge in [-0.15, -0.1) is 0 Å². The summed E-state index contributed by atoms with van der Waals surface area (Å²) in [6, 6.07) is 9.25. The van der Waals surface area contributed by atoms with E-state index in [9.17, 15) is 29.7 Å². The number of carboxylic acid groups (broad SMARTS) is 1. The Bertz CT molecular complexity index is 2090. The molecule has 0 bridgehead atoms. The largest absolute Gasteiger partial charge is 0.481 e. The Morgan fingerprint density at radius 3 is 2.21 bits per heavy atom. The van der Waals surface area contributed by atoms with E-state index in [2.05, 4.69) is 15.8 Å². The number of amides is 1. The lowest BCUT2D eigenvalue weighted by Gasteiger charge is -2.44. The Labute approximate surface area is 461 Å². The maximum atomic E-state index is 15.7. The number of aliphatic hydroxyl groups is 2. The summed E-state index contributed by atoms with van der Waals surface area (Å²) < 4.78 is 62.4. The van der Waals surface area contributed by atoms with Crippen molar-refractivity contribution in [3.05, 3.63) is 35.9 Å². The molecular formula is C57H93N3O18. The van der Waals surface area contributed by atoms with Gasteiger partial charge in [0.2, 0.25) is 0 Å². The van der Waals surface area contributed by atoms with E-state index in [1.54, 1.807) is 34.6 Å². The zero-order chi connectivity index (χ0) is 57.8. The van der Waals surface area contributed by atoms with Crippen molar-refractivity contribution in [2.75, 3.05) is 41.1 Å². The fraction of sp³-hybridized carbons (Fsp3) is 0.807. The van der Waals surface area contributed by atoms with Crippen LogP contribution in [0.5, 0.6) is 0 Å². The number of ketones is 1. The number of aliphatic carboxylic acids is 1. The van der Waals surface area contributed by atoms with E-state index >= 15 is 4.79 Å². The van der Waals surface area contributed by atoms with E-state index in [4.69, 9.17) is 52.2 Å². The molecule has 1 aromatic carbocycles. The lowest BCUT2D eigenvalue weighted by molar-refractivity contribution is -0.304. The van der Waals surface area contributed by atoms with E-state index in [1.165, 1.54) is 21.3 Å². The molecule has 4 aliphatic rings. The Kier molecular flexibility index (Phi) is 24.3. The average Bonchev–Trinajstić information content (AvgIpc) is 3.59. The second kappa shape index (κ2) is 29.2. The number of nitrogens with one attached hydrogen (secondary N) is 2. The van der Waals surface area contributed by atoms with E-state index in [0.717, 1.165) is 5.56 Å². The quantitative estimate of drug-likeness (QED) is 0.0830. The SMILES string of the molecule is CON=C1C[C@@H](C)O[C@@H](O[C@@H]2[C@@H](C)[C@H](O[C@H]3C[C@@H](C)NC[C@H](C)O3)[C@@H](C)C(=O)OCCC(CC(C)(C)[C@H](C(=O)O)C(C)CO[C@@H]3O[C@H](C)[C@@H](O)[C@@H](OC)[C@H]3OC)[C@@H](C)C(=O)[C@@](C)(OC(=O)NCc3ccccc3)C[C@@H]2C)[C@@H]1O. The molecule has 0 spiro atoms. The number of oxime groups is 1. The molecule has 1 aromatic rings. The number of carbonyl (C=O) groups excluding carboxylic acids is 3. The van der Waals surface area contributed by atoms with Crippen molar-refractivity contribution in [2.45, 2.75) is 207 Å². The molecule has 0 aliphatic carbocycles. The lowest BCUT2D eigenvalue weighted by Crippen LogP contribution is -2.59. The third-order valence-electron chi connectivity index (χ3n) is 16.4. The number of hydrogen-bond donors (Lipinski definition) is 5. The monoisotopic (exact) mass is 1110 g/mol. The van der Waals surface area contributed by atoms with Gasteiger partial charge in [-0.05, 0) is 89.5 Å². The molecular weight excluding hydrogens is 1010 g/mol. The van der Waals surface area contributed by atoms with Crippen molar-refractivity contribution < 1.29 is 86.7 Å². The number of carbonyl (C=O) groups is 4. The molecule has 5 rings (SSSR count). The zero-order valence-electron chi connectivity index (χ0n) is 48.7. The second-order valence-electron chi connectivity index (χ2n) is 23.4. The number of benzene rings is 1. The number of methoxy groups -OCH3 is 2. The van der Waals surface area contributed by atoms with Gasteiger partial charge in [0.25, 0.3) is 0 Å². The molecule has 1 amide bonds. The number of ether oxygens (including phenoxy) is 10. The fourth-order valence-corrected chi connectivity index (χ4v) is 12.3. The third kappa shape index (κ3) is 16.9. The molecule has 4 aliphatic heterocycles. The highest BCUT2D eigenvalue weighted by molar-refractivity contribution is 5.91. The summed E-state index contributed by atoms with van der Waals surface area (Å²) in [4.78, 5) is 63.0. The van der Waals surface area contributed by atoms with Crippen molar-refractivity contribution in [2.24, 2.45) is 52.0 Å². The van der Waals surface area contributed by atoms with Crippen LogP contribution in [0.15, 0.2) is 35.5 Å². The van der Waals surface area contributed by atoms with Crippen LogP contribution in [0.1, 0.15) is 121 Å². The number of cyclic esters (lactones) is 1. The number of esters is 1. The second-order valence-corrected chi connectivity index (χ2v) is 23.4. The number of rotatable bonds is 18. The molecule has 5 N–H and O–H groups in total. The number of nitrogens with zero attached hydrogens (tertiary/aromatic N) is 1. The molecule has 21 heteroatoms. The number of Topliss-reactive ketones (excluding diaryl/α,β-unsaturated/α-hetero) is 1. The molecule has 444 valence electrons. The highest BCUT2D eigenvalue weighted by atomic mass is 16.7. The molecule has 0 radical (unpaired) electrons. The summed E-state index contributed by atoms with van der Waals surface area (Å²) in [5, 5.41) is 43.8. The van der Waals surface area contributed by atoms with Crippen LogP contribution in [-0.2, 0) is 73.1 Å². The summed E-state index contributed by atoms with van der Waals surface area (Å²) in [6.45, 7) is 22.1. The van der Waals surface area contributed by atoms with E-state index in [-0.39, 0.29) is 57.6 Å². The minimum absolute atomic E-state index is 0.000433. The minimum Gasteiger partial charge on any atom is -0.481 e. The average molecular weight is 1110 g/mol. The Hall–Kier alpha value is -3.87. The topological polar surface area (TPSA) is 267 Å². The molecule has 21 nitrogen and oxygen atoms in total. The van der Waals surface area contributed by atoms with Gasteiger partial charge < -0.3 is 78.2 Å². The van der Waals surface area contributed by atoms with Gasteiger partial charge in [0.15, 0.2) is 30.3 Å². The van der Waals surface area contributed by atoms with Gasteiger partial charge in [0.1, 0.15) is 31.5 Å². The molecule has 0 saturated carbocycles. The Morgan fingerprint density at radius 2 is 1.56 bits per heavy atom. The van der Waals surface area contributed by atoms with Crippen molar-refractivity contribution in [1.82, 2.24) is 10.6 Å². The molecule has 4 saturated heterocycles. The maximum Gasteiger partial charge on any atom is 0.408 e. The predicted octanol–water partition coefficient (Wildman–Crippen LogP) is 6.03. The van der Waals surface area contributed by atoms with Gasteiger partial charge in [-0.2, -0.15) is 0 Å². The molecule has 4 heterocycles. The van der Waals surface area contributed by atoms with Gasteiger partial charge in [0, 0.05) is 58.0 Å². The van der Waals surface area contributed by atoms with Gasteiger partial charge in [-0.1, -0.05) is 77.0 Å². The van der Waals surface area contributed by atoms with Crippen LogP contribution in [0.2, 0.25) is 0 Å². The third-order valence-corrected chi connectivity index (χ3v) is 16.4. The number of aliphatic hydroxyl groups excluding tert-OH is 2. The number of carboxylic acids is 1. The first-order valence-corrected chi connectivity index (χ1v) is 27.8. The molecule has 21 atom stereocenters. The normalized spacial score (nSPS) is 38.2. The lowest BCUT2D eigenvalue weighted by atomic mass is 9.64. The molecule has 4 fully saturated rings. The first-order chi connectivity index (χ1) is 36.7. The van der Waals surface area contributed by atoms with Gasteiger partial charge in [0.05, 0.1) is 61.3 Å². The summed E-state index contributed by atoms with van der Waals surface area (Å²) in [7, 11) is 4.28. The van der Waals surface area contributed by atoms with Crippen molar-refractivity contribution in [1.29, 1.82) is 0 Å². The van der Waals surface area contributed by atoms with Crippen molar-refractivity contribution in [3.63, 3.8) is 0 Å². The van der Waals surface area contributed by atoms with Crippen LogP contribution in [-0.4, -0.2) is 171 Å². The van der Waals surface area contributed by atoms with Crippen LogP contribution in [0, 0.1) is 46.8 Å². The Morgan fingerprint density at radius 1 is 0.885 bits per heavy atom. The van der Waals surface area contributed by atoms with E-state index in [0.29, 0.717) is 18.7 Å². The number of hydrogen-bond acceptors (Lipinski definition) is 19. The standard InChI is InChI=1S/C57H93N3O18/c1-30-25-57(12,78-55(67)59-28-39-19-17-16-18-20-39)50(63)35(6)40(26-56(10,11)43(51(64)65)31(2)29-72-54-49(69-14)48(68-13)44(61)38(9)75-54)21-22-71-52(66)37(8)47(76-42-23-32(3)58-27-34(5)73-42)36(7)46(30)77-53-45(62)41(60-70-15)24-33(4)74-53/h16-20,30-38,40,42-49,53-54,58,61-62H,21-29H2,1-15H3,(H,59,67)(H,64,65)/t30-,31?,32+,33+,34-,35+,36+,37+,38+,40?,42-,43-,44+,45+,46-,47-,48+,49+,53-,54+,57-/m0/s1. The summed E-state index contributed by atoms with van der Waals surface area (Å²) in [6.07, 6.45) is -10.2. The van der Waals surface area contributed by atoms with Gasteiger partial charge >= 0.3 is 18.0 Å². The fourth-order valence-electron chi connectivity index (χ4n) is 12.3. The predicted molar refractivity (Wildman–Crippen MR) is 286 cm³/mol. The smallest absolute Gasteiger partial charge is 0.408 e. The van der Waals surface area contributed by atoms with Gasteiger partial charge in [-0.3, -0.25) is 14.4 Å². The zero-order valence-corrected chi connectivity index (χ0v) is 48.7. The van der Waals surface area contributed by atoms with Crippen molar-refractivity contribution in [3.8, 4) is 0 Å². The number of alkyl carbamates (subject to hydrolysis) is 1. The minimum atomic E-state index is -1.86. The van der Waals surface area contributed by atoms with Crippen LogP contribution in [0.25, 0.3) is 0 Å². The van der Waals surface area contributed by atoms with Crippen LogP contribution < -0.4 is 10.6 Å². The molecule has 0 aromatic heterocycles. The van der Waals surface area contributed by atoms with E-state index in [1.807, 2.05) is 78.8 Å². The van der Waals surface area contributed by atoms with Crippen LogP contribution >= 0.6 is 0 Å². The molecule has 78 heavy (non-hydrogen) atoms. The van der Waals surface area contributed by atoms with Crippen molar-refractivity contribution >= 4 is 29.5 Å². The maximum absolute atomic E-state index is 15.7. The summed E-state index contributed by atoms with van der Waals surface area (Å²) >= 11 is 0. The summed E-state index contributed by atoms with van der Waals surface area (Å²) in [5.41, 5.74) is -1.79. The highest BCUT2D eigenvalue weighted by Gasteiger charge is 2.51. The van der Waals surface area contributed by atoms with Gasteiger partial charge in [-0.25, -0.2) is 4.79 Å². The molecule has 2 unspecified atom stereocenters. The first kappa shape index (κ1) is 64.9. The summed E-state index contributed by atoms with van der Waals surface area (Å²) in [5.74, 6) is -7.68. The van der Waals surface area contributed by atoms with Crippen LogP contribution in [0.3, 0.4) is 0 Å².